The Bertz CT molecular complexity index is 621. The zero-order valence-electron chi connectivity index (χ0n) is 16.7. The Morgan fingerprint density at radius 2 is 1.21 bits per heavy atom. The Morgan fingerprint density at radius 1 is 0.759 bits per heavy atom. The number of hydrogen-bond acceptors (Lipinski definition) is 5. The fourth-order valence-corrected chi connectivity index (χ4v) is 4.53. The Kier molecular flexibility index (Phi) is 10.4. The molecule has 2 N–H and O–H groups in total. The van der Waals surface area contributed by atoms with E-state index < -0.39 is 0 Å². The molecule has 0 amide bonds. The molecule has 0 aromatic carbocycles. The van der Waals surface area contributed by atoms with Crippen molar-refractivity contribution in [2.24, 2.45) is 9.98 Å². The van der Waals surface area contributed by atoms with E-state index in [2.05, 4.69) is 16.7 Å². The first-order chi connectivity index (χ1) is 14.3. The Labute approximate surface area is 189 Å². The van der Waals surface area contributed by atoms with Gasteiger partial charge >= 0.3 is 33.3 Å². The Morgan fingerprint density at radius 3 is 1.69 bits per heavy atom. The van der Waals surface area contributed by atoms with Crippen LogP contribution in [-0.4, -0.2) is 54.7 Å². The van der Waals surface area contributed by atoms with Gasteiger partial charge in [0.25, 0.3) is 0 Å². The topological polar surface area (TPSA) is 61.7 Å². The molecular formula is C21H31Cl2MnN5. The first-order valence-corrected chi connectivity index (χ1v) is 13.9. The van der Waals surface area contributed by atoms with Gasteiger partial charge in [-0.25, -0.2) is 4.98 Å². The number of pyridine rings is 1. The predicted octanol–water partition coefficient (Wildman–Crippen LogP) is 4.11. The average molecular weight is 479 g/mol. The Hall–Kier alpha value is -0.491. The van der Waals surface area contributed by atoms with Crippen LogP contribution >= 0.6 is 20.2 Å². The van der Waals surface area contributed by atoms with E-state index in [1.807, 2.05) is 24.6 Å². The molecule has 161 valence electrons. The van der Waals surface area contributed by atoms with Gasteiger partial charge in [-0.05, 0) is 37.8 Å². The monoisotopic (exact) mass is 478 g/mol. The van der Waals surface area contributed by atoms with Crippen molar-refractivity contribution in [2.75, 3.05) is 13.1 Å². The molecule has 2 bridgehead atoms. The number of nitrogens with one attached hydrogen (secondary N) is 2. The van der Waals surface area contributed by atoms with Gasteiger partial charge in [0.15, 0.2) is 0 Å². The SMILES string of the molecule is C1=N[C@@H]2CCCCC2NCCN[C@@H]2CCCC[C@H]2N=Cc2cccc1n2.[Cl][Mn][Cl]. The summed E-state index contributed by atoms with van der Waals surface area (Å²) in [5, 5.41) is 7.52. The molecule has 5 nitrogen and oxygen atoms in total. The number of nitrogens with zero attached hydrogens (tertiary/aromatic N) is 3. The number of fused-ring (bicyclic) bond motifs is 4. The summed E-state index contributed by atoms with van der Waals surface area (Å²) in [5.41, 5.74) is 1.87. The van der Waals surface area contributed by atoms with Crippen LogP contribution in [0.15, 0.2) is 28.2 Å². The van der Waals surface area contributed by atoms with Gasteiger partial charge in [0.2, 0.25) is 0 Å². The third kappa shape index (κ3) is 7.61. The molecule has 4 atom stereocenters. The third-order valence-electron chi connectivity index (χ3n) is 5.99. The van der Waals surface area contributed by atoms with E-state index in [1.54, 1.807) is 0 Å². The molecule has 1 aromatic rings. The summed E-state index contributed by atoms with van der Waals surface area (Å²) in [5.74, 6) is 0. The van der Waals surface area contributed by atoms with Gasteiger partial charge in [-0.3, -0.25) is 9.98 Å². The first kappa shape index (κ1) is 23.2. The van der Waals surface area contributed by atoms with Crippen molar-refractivity contribution in [3.63, 3.8) is 0 Å². The summed E-state index contributed by atoms with van der Waals surface area (Å²) < 4.78 is 0. The summed E-state index contributed by atoms with van der Waals surface area (Å²) in [6.45, 7) is 2.02. The molecule has 2 heterocycles. The van der Waals surface area contributed by atoms with Crippen LogP contribution in [0.25, 0.3) is 0 Å². The second kappa shape index (κ2) is 13.0. The zero-order chi connectivity index (χ0) is 20.3. The second-order valence-electron chi connectivity index (χ2n) is 7.92. The summed E-state index contributed by atoms with van der Waals surface area (Å²) in [4.78, 5) is 14.5. The molecule has 1 aliphatic heterocycles. The predicted molar refractivity (Wildman–Crippen MR) is 119 cm³/mol. The number of hydrogen-bond donors (Lipinski definition) is 2. The van der Waals surface area contributed by atoms with Gasteiger partial charge in [-0.1, -0.05) is 31.7 Å². The van der Waals surface area contributed by atoms with Gasteiger partial charge in [-0.2, -0.15) is 0 Å². The van der Waals surface area contributed by atoms with E-state index >= 15 is 0 Å². The average Bonchev–Trinajstić information content (AvgIpc) is 2.76. The molecule has 3 aliphatic rings. The first-order valence-electron chi connectivity index (χ1n) is 10.7. The summed E-state index contributed by atoms with van der Waals surface area (Å²) in [6.07, 6.45) is 13.9. The van der Waals surface area contributed by atoms with E-state index in [4.69, 9.17) is 35.2 Å². The van der Waals surface area contributed by atoms with Gasteiger partial charge in [0.1, 0.15) is 0 Å². The van der Waals surface area contributed by atoms with Gasteiger partial charge in [0, 0.05) is 37.6 Å². The van der Waals surface area contributed by atoms with Crippen molar-refractivity contribution in [1.82, 2.24) is 15.6 Å². The summed E-state index contributed by atoms with van der Waals surface area (Å²) in [7, 11) is 9.59. The van der Waals surface area contributed by atoms with Crippen LogP contribution in [0, 0.1) is 0 Å². The fourth-order valence-electron chi connectivity index (χ4n) is 4.53. The third-order valence-corrected chi connectivity index (χ3v) is 5.99. The van der Waals surface area contributed by atoms with Crippen LogP contribution in [0.3, 0.4) is 0 Å². The molecule has 0 saturated heterocycles. The molecule has 4 rings (SSSR count). The molecule has 1 unspecified atom stereocenters. The molecule has 1 aromatic heterocycles. The van der Waals surface area contributed by atoms with Gasteiger partial charge in [-0.15, -0.1) is 0 Å². The summed E-state index contributed by atoms with van der Waals surface area (Å²) >= 11 is 0.00694. The Balaban J connectivity index is 0.000000755. The van der Waals surface area contributed by atoms with Crippen molar-refractivity contribution in [2.45, 2.75) is 75.5 Å². The van der Waals surface area contributed by atoms with E-state index in [1.165, 1.54) is 51.4 Å². The van der Waals surface area contributed by atoms with E-state index in [0.717, 1.165) is 24.5 Å². The minimum atomic E-state index is 0.00694. The second-order valence-corrected chi connectivity index (χ2v) is 9.87. The molecule has 8 heteroatoms. The molecule has 0 radical (unpaired) electrons. The van der Waals surface area contributed by atoms with Gasteiger partial charge < -0.3 is 10.6 Å². The van der Waals surface area contributed by atoms with Crippen molar-refractivity contribution in [3.05, 3.63) is 29.6 Å². The number of rotatable bonds is 0. The quantitative estimate of drug-likeness (QED) is 0.551. The van der Waals surface area contributed by atoms with Crippen LogP contribution in [0.5, 0.6) is 0 Å². The molecule has 0 spiro atoms. The maximum absolute atomic E-state index is 4.89. The fraction of sp³-hybridized carbons (Fsp3) is 0.667. The van der Waals surface area contributed by atoms with Crippen LogP contribution in [-0.2, 0) is 13.1 Å². The van der Waals surface area contributed by atoms with E-state index in [-0.39, 0.29) is 13.1 Å². The van der Waals surface area contributed by atoms with E-state index in [9.17, 15) is 0 Å². The van der Waals surface area contributed by atoms with Crippen LogP contribution < -0.4 is 10.6 Å². The van der Waals surface area contributed by atoms with Crippen molar-refractivity contribution in [1.29, 1.82) is 0 Å². The van der Waals surface area contributed by atoms with Crippen LogP contribution in [0.2, 0.25) is 0 Å². The molecule has 2 aliphatic carbocycles. The van der Waals surface area contributed by atoms with Gasteiger partial charge in [0.05, 0.1) is 23.5 Å². The van der Waals surface area contributed by atoms with Crippen LogP contribution in [0.1, 0.15) is 62.8 Å². The maximum atomic E-state index is 4.89. The molecule has 2 fully saturated rings. The number of aromatic nitrogens is 1. The minimum absolute atomic E-state index is 0.00694. The van der Waals surface area contributed by atoms with Crippen molar-refractivity contribution >= 4 is 32.6 Å². The number of aliphatic imine (C=N–C) groups is 2. The normalized spacial score (nSPS) is 30.0. The summed E-state index contributed by atoms with van der Waals surface area (Å²) in [6, 6.07) is 7.86. The van der Waals surface area contributed by atoms with Crippen molar-refractivity contribution in [3.8, 4) is 0 Å². The number of halogens is 2. The van der Waals surface area contributed by atoms with E-state index in [0.29, 0.717) is 24.2 Å². The molecular weight excluding hydrogens is 448 g/mol. The van der Waals surface area contributed by atoms with Crippen molar-refractivity contribution < 1.29 is 13.1 Å². The van der Waals surface area contributed by atoms with Crippen LogP contribution in [0.4, 0.5) is 0 Å². The standard InChI is InChI=1S/C21H31N5.2ClH.Mn/c1-3-10-20-18(8-1)22-12-13-23-19-9-2-4-11-21(19)25-15-17-7-5-6-16(26-17)14-24-20;;;/h5-7,14-15,18-23H,1-4,8-13H2;2*1H;/q;;;+2/p-2/t18-,19?,20-,21-;;;/m1.../s1. The molecule has 29 heavy (non-hydrogen) atoms. The zero-order valence-corrected chi connectivity index (χ0v) is 19.4. The molecule has 2 saturated carbocycles.